The van der Waals surface area contributed by atoms with Gasteiger partial charge in [0.05, 0.1) is 7.11 Å². The Morgan fingerprint density at radius 1 is 1.30 bits per heavy atom. The Bertz CT molecular complexity index is 397. The topological polar surface area (TPSA) is 75.7 Å². The van der Waals surface area contributed by atoms with E-state index in [1.807, 2.05) is 6.92 Å². The van der Waals surface area contributed by atoms with Crippen molar-refractivity contribution in [2.75, 3.05) is 20.2 Å². The third-order valence-corrected chi connectivity index (χ3v) is 5.35. The highest BCUT2D eigenvalue weighted by molar-refractivity contribution is 7.87. The Balaban J connectivity index is 2.21. The molecule has 1 saturated heterocycles. The van der Waals surface area contributed by atoms with E-state index in [0.29, 0.717) is 19.5 Å². The van der Waals surface area contributed by atoms with Crippen LogP contribution in [0.15, 0.2) is 0 Å². The second kappa shape index (κ2) is 8.59. The monoisotopic (exact) mass is 306 g/mol. The Kier molecular flexibility index (Phi) is 7.47. The first kappa shape index (κ1) is 17.4. The first-order chi connectivity index (χ1) is 9.47. The number of carbonyl (C=O) groups excluding carboxylic acids is 1. The van der Waals surface area contributed by atoms with E-state index in [-0.39, 0.29) is 12.0 Å². The molecule has 6 nitrogen and oxygen atoms in total. The van der Waals surface area contributed by atoms with Crippen molar-refractivity contribution in [3.63, 3.8) is 0 Å². The van der Waals surface area contributed by atoms with E-state index in [1.165, 1.54) is 7.11 Å². The van der Waals surface area contributed by atoms with E-state index in [4.69, 9.17) is 0 Å². The number of hydrogen-bond acceptors (Lipinski definition) is 4. The second-order valence-electron chi connectivity index (χ2n) is 5.24. The summed E-state index contributed by atoms with van der Waals surface area (Å²) < 4.78 is 33.0. The highest BCUT2D eigenvalue weighted by Gasteiger charge is 2.28. The summed E-state index contributed by atoms with van der Waals surface area (Å²) in [4.78, 5) is 10.9. The van der Waals surface area contributed by atoms with Gasteiger partial charge in [0.2, 0.25) is 0 Å². The summed E-state index contributed by atoms with van der Waals surface area (Å²) in [5, 5.41) is 0. The lowest BCUT2D eigenvalue weighted by Gasteiger charge is -2.32. The number of nitrogens with zero attached hydrogens (tertiary/aromatic N) is 1. The van der Waals surface area contributed by atoms with Crippen LogP contribution < -0.4 is 4.72 Å². The molecule has 1 unspecified atom stereocenters. The molecule has 0 radical (unpaired) electrons. The molecule has 7 heteroatoms. The second-order valence-corrected chi connectivity index (χ2v) is 6.95. The van der Waals surface area contributed by atoms with Gasteiger partial charge < -0.3 is 4.74 Å². The van der Waals surface area contributed by atoms with E-state index in [9.17, 15) is 13.2 Å². The summed E-state index contributed by atoms with van der Waals surface area (Å²) in [5.74, 6) is -0.215. The van der Waals surface area contributed by atoms with Crippen molar-refractivity contribution in [1.82, 2.24) is 9.03 Å². The SMILES string of the molecule is COC(=O)CCCCCNS(=O)(=O)N1CCCCC1C. The van der Waals surface area contributed by atoms with Gasteiger partial charge >= 0.3 is 5.97 Å². The largest absolute Gasteiger partial charge is 0.469 e. The fourth-order valence-electron chi connectivity index (χ4n) is 2.39. The summed E-state index contributed by atoms with van der Waals surface area (Å²) in [6.45, 7) is 2.99. The Morgan fingerprint density at radius 2 is 2.05 bits per heavy atom. The van der Waals surface area contributed by atoms with E-state index >= 15 is 0 Å². The molecule has 1 aliphatic rings. The highest BCUT2D eigenvalue weighted by Crippen LogP contribution is 2.18. The Labute approximate surface area is 122 Å². The number of nitrogens with one attached hydrogen (secondary N) is 1. The number of esters is 1. The third kappa shape index (κ3) is 5.76. The average Bonchev–Trinajstić information content (AvgIpc) is 2.42. The first-order valence-corrected chi connectivity index (χ1v) is 8.74. The zero-order valence-corrected chi connectivity index (χ0v) is 13.2. The zero-order chi connectivity index (χ0) is 15.0. The van der Waals surface area contributed by atoms with E-state index in [0.717, 1.165) is 38.5 Å². The molecule has 0 spiro atoms. The Morgan fingerprint density at radius 3 is 2.70 bits per heavy atom. The fourth-order valence-corrected chi connectivity index (χ4v) is 3.90. The first-order valence-electron chi connectivity index (χ1n) is 7.30. The van der Waals surface area contributed by atoms with Crippen LogP contribution in [0.4, 0.5) is 0 Å². The van der Waals surface area contributed by atoms with Crippen LogP contribution in [0, 0.1) is 0 Å². The minimum absolute atomic E-state index is 0.0839. The zero-order valence-electron chi connectivity index (χ0n) is 12.4. The standard InChI is InChI=1S/C13H26N2O4S/c1-12-8-5-7-11-15(12)20(17,18)14-10-6-3-4-9-13(16)19-2/h12,14H,3-11H2,1-2H3. The van der Waals surface area contributed by atoms with Crippen molar-refractivity contribution in [3.8, 4) is 0 Å². The molecule has 1 aliphatic heterocycles. The molecule has 0 aliphatic carbocycles. The Hall–Kier alpha value is -0.660. The van der Waals surface area contributed by atoms with Gasteiger partial charge in [0.15, 0.2) is 0 Å². The van der Waals surface area contributed by atoms with Crippen LogP contribution in [0.2, 0.25) is 0 Å². The quantitative estimate of drug-likeness (QED) is 0.544. The maximum atomic E-state index is 12.1. The average molecular weight is 306 g/mol. The van der Waals surface area contributed by atoms with Crippen molar-refractivity contribution in [2.24, 2.45) is 0 Å². The molecule has 0 aromatic heterocycles. The maximum Gasteiger partial charge on any atom is 0.305 e. The van der Waals surface area contributed by atoms with Gasteiger partial charge in [-0.25, -0.2) is 4.72 Å². The fraction of sp³-hybridized carbons (Fsp3) is 0.923. The number of hydrogen-bond donors (Lipinski definition) is 1. The van der Waals surface area contributed by atoms with Crippen LogP contribution in [0.3, 0.4) is 0 Å². The van der Waals surface area contributed by atoms with E-state index in [1.54, 1.807) is 4.31 Å². The van der Waals surface area contributed by atoms with Crippen molar-refractivity contribution in [3.05, 3.63) is 0 Å². The van der Waals surface area contributed by atoms with Gasteiger partial charge in [-0.05, 0) is 32.6 Å². The van der Waals surface area contributed by atoms with Crippen LogP contribution in [0.5, 0.6) is 0 Å². The molecule has 1 rings (SSSR count). The van der Waals surface area contributed by atoms with E-state index < -0.39 is 10.2 Å². The molecule has 1 fully saturated rings. The minimum Gasteiger partial charge on any atom is -0.469 e. The number of unbranched alkanes of at least 4 members (excludes halogenated alkanes) is 2. The third-order valence-electron chi connectivity index (χ3n) is 3.62. The van der Waals surface area contributed by atoms with Crippen molar-refractivity contribution in [1.29, 1.82) is 0 Å². The predicted octanol–water partition coefficient (Wildman–Crippen LogP) is 1.43. The van der Waals surface area contributed by atoms with Crippen LogP contribution >= 0.6 is 0 Å². The summed E-state index contributed by atoms with van der Waals surface area (Å²) in [7, 11) is -1.98. The molecule has 1 heterocycles. The minimum atomic E-state index is -3.35. The molecule has 0 aromatic rings. The summed E-state index contributed by atoms with van der Waals surface area (Å²) in [6.07, 6.45) is 5.64. The van der Waals surface area contributed by atoms with E-state index in [2.05, 4.69) is 9.46 Å². The lowest BCUT2D eigenvalue weighted by atomic mass is 10.1. The predicted molar refractivity (Wildman–Crippen MR) is 77.4 cm³/mol. The van der Waals surface area contributed by atoms with Gasteiger partial charge in [0.25, 0.3) is 10.2 Å². The molecule has 0 amide bonds. The number of ether oxygens (including phenoxy) is 1. The van der Waals surface area contributed by atoms with Crippen LogP contribution in [0.25, 0.3) is 0 Å². The molecule has 0 aromatic carbocycles. The van der Waals surface area contributed by atoms with Gasteiger partial charge in [-0.3, -0.25) is 4.79 Å². The van der Waals surface area contributed by atoms with Gasteiger partial charge in [0, 0.05) is 25.6 Å². The van der Waals surface area contributed by atoms with Gasteiger partial charge in [0.1, 0.15) is 0 Å². The molecule has 0 saturated carbocycles. The number of piperidine rings is 1. The van der Waals surface area contributed by atoms with Crippen LogP contribution in [-0.4, -0.2) is 44.9 Å². The molecule has 20 heavy (non-hydrogen) atoms. The molecule has 0 bridgehead atoms. The smallest absolute Gasteiger partial charge is 0.305 e. The molecular formula is C13H26N2O4S. The molecule has 118 valence electrons. The van der Waals surface area contributed by atoms with Gasteiger partial charge in [-0.1, -0.05) is 12.8 Å². The normalized spacial score (nSPS) is 20.8. The number of rotatable bonds is 8. The summed E-state index contributed by atoms with van der Waals surface area (Å²) in [5.41, 5.74) is 0. The summed E-state index contributed by atoms with van der Waals surface area (Å²) in [6, 6.07) is 0.0839. The number of methoxy groups -OCH3 is 1. The van der Waals surface area contributed by atoms with Crippen molar-refractivity contribution in [2.45, 2.75) is 57.9 Å². The van der Waals surface area contributed by atoms with Crippen LogP contribution in [-0.2, 0) is 19.7 Å². The number of carbonyl (C=O) groups is 1. The maximum absolute atomic E-state index is 12.1. The lowest BCUT2D eigenvalue weighted by Crippen LogP contribution is -2.48. The van der Waals surface area contributed by atoms with Gasteiger partial charge in [-0.2, -0.15) is 12.7 Å². The molecule has 1 N–H and O–H groups in total. The van der Waals surface area contributed by atoms with Gasteiger partial charge in [-0.15, -0.1) is 0 Å². The van der Waals surface area contributed by atoms with Crippen LogP contribution in [0.1, 0.15) is 51.9 Å². The summed E-state index contributed by atoms with van der Waals surface area (Å²) >= 11 is 0. The van der Waals surface area contributed by atoms with Crippen molar-refractivity contribution >= 4 is 16.2 Å². The molecular weight excluding hydrogens is 280 g/mol. The van der Waals surface area contributed by atoms with Crippen molar-refractivity contribution < 1.29 is 17.9 Å². The lowest BCUT2D eigenvalue weighted by molar-refractivity contribution is -0.140. The molecule has 1 atom stereocenters. The highest BCUT2D eigenvalue weighted by atomic mass is 32.2.